The molecular formula is C17H17N5O3. The number of amides is 2. The molecule has 0 saturated heterocycles. The van der Waals surface area contributed by atoms with Crippen LogP contribution < -0.4 is 10.6 Å². The highest BCUT2D eigenvalue weighted by Crippen LogP contribution is 2.20. The molecule has 0 bridgehead atoms. The summed E-state index contributed by atoms with van der Waals surface area (Å²) < 4.78 is 6.55. The van der Waals surface area contributed by atoms with Crippen LogP contribution in [0.3, 0.4) is 0 Å². The predicted octanol–water partition coefficient (Wildman–Crippen LogP) is 2.09. The molecule has 0 spiro atoms. The molecule has 0 aliphatic carbocycles. The number of carbonyl (C=O) groups excluding carboxylic acids is 2. The fourth-order valence-corrected chi connectivity index (χ4v) is 2.42. The van der Waals surface area contributed by atoms with Gasteiger partial charge in [0.2, 0.25) is 0 Å². The molecule has 2 N–H and O–H groups in total. The average Bonchev–Trinajstić information content (AvgIpc) is 3.30. The number of nitrogens with zero attached hydrogens (tertiary/aromatic N) is 3. The van der Waals surface area contributed by atoms with Crippen LogP contribution in [0.25, 0.3) is 0 Å². The Kier molecular flexibility index (Phi) is 4.60. The second-order valence-corrected chi connectivity index (χ2v) is 5.32. The van der Waals surface area contributed by atoms with Crippen molar-refractivity contribution < 1.29 is 14.0 Å². The Hall–Kier alpha value is -3.42. The Morgan fingerprint density at radius 3 is 2.60 bits per heavy atom. The van der Waals surface area contributed by atoms with Gasteiger partial charge in [0.05, 0.1) is 12.2 Å². The molecule has 25 heavy (non-hydrogen) atoms. The van der Waals surface area contributed by atoms with E-state index in [1.807, 2.05) is 37.3 Å². The van der Waals surface area contributed by atoms with Crippen LogP contribution in [-0.4, -0.2) is 33.6 Å². The Balaban J connectivity index is 1.99. The first-order valence-electron chi connectivity index (χ1n) is 7.67. The lowest BCUT2D eigenvalue weighted by Gasteiger charge is -2.15. The molecule has 0 aliphatic heterocycles. The SMILES string of the molecule is CNC(=O)c1cc(C(=O)Nc2ncco2)n([C@@H](C)c2ccccc2)n1. The fourth-order valence-electron chi connectivity index (χ4n) is 2.42. The van der Waals surface area contributed by atoms with Crippen molar-refractivity contribution in [2.45, 2.75) is 13.0 Å². The Labute approximate surface area is 143 Å². The van der Waals surface area contributed by atoms with E-state index < -0.39 is 5.91 Å². The van der Waals surface area contributed by atoms with E-state index in [0.29, 0.717) is 0 Å². The number of nitrogens with one attached hydrogen (secondary N) is 2. The summed E-state index contributed by atoms with van der Waals surface area (Å²) in [5, 5.41) is 9.35. The van der Waals surface area contributed by atoms with Crippen LogP contribution in [0.1, 0.15) is 39.5 Å². The quantitative estimate of drug-likeness (QED) is 0.741. The number of benzene rings is 1. The fraction of sp³-hybridized carbons (Fsp3) is 0.176. The van der Waals surface area contributed by atoms with Crippen LogP contribution in [0.4, 0.5) is 6.01 Å². The van der Waals surface area contributed by atoms with Crippen molar-refractivity contribution in [1.29, 1.82) is 0 Å². The molecule has 0 fully saturated rings. The number of carbonyl (C=O) groups is 2. The zero-order valence-electron chi connectivity index (χ0n) is 13.8. The third kappa shape index (κ3) is 3.42. The molecule has 8 nitrogen and oxygen atoms in total. The normalized spacial score (nSPS) is 11.8. The van der Waals surface area contributed by atoms with E-state index in [0.717, 1.165) is 5.56 Å². The standard InChI is InChI=1S/C17H17N5O3/c1-11(12-6-4-3-5-7-12)22-14(10-13(21-22)15(23)18-2)16(24)20-17-19-8-9-25-17/h3-11H,1-2H3,(H,18,23)(H,19,20,24)/t11-/m0/s1. The first kappa shape index (κ1) is 16.4. The van der Waals surface area contributed by atoms with Crippen molar-refractivity contribution in [2.75, 3.05) is 12.4 Å². The lowest BCUT2D eigenvalue weighted by atomic mass is 10.1. The Morgan fingerprint density at radius 2 is 1.96 bits per heavy atom. The second-order valence-electron chi connectivity index (χ2n) is 5.32. The van der Waals surface area contributed by atoms with Crippen LogP contribution >= 0.6 is 0 Å². The molecule has 128 valence electrons. The summed E-state index contributed by atoms with van der Waals surface area (Å²) in [7, 11) is 1.51. The van der Waals surface area contributed by atoms with E-state index in [4.69, 9.17) is 4.42 Å². The van der Waals surface area contributed by atoms with Crippen LogP contribution in [-0.2, 0) is 0 Å². The van der Waals surface area contributed by atoms with Gasteiger partial charge in [0.25, 0.3) is 11.8 Å². The molecule has 0 radical (unpaired) electrons. The van der Waals surface area contributed by atoms with Crippen LogP contribution in [0.2, 0.25) is 0 Å². The van der Waals surface area contributed by atoms with E-state index in [1.165, 1.54) is 30.3 Å². The molecule has 0 unspecified atom stereocenters. The van der Waals surface area contributed by atoms with Gasteiger partial charge in [-0.15, -0.1) is 0 Å². The largest absolute Gasteiger partial charge is 0.432 e. The van der Waals surface area contributed by atoms with Crippen molar-refractivity contribution in [3.05, 3.63) is 65.8 Å². The van der Waals surface area contributed by atoms with E-state index in [-0.39, 0.29) is 29.4 Å². The minimum atomic E-state index is -0.465. The number of anilines is 1. The van der Waals surface area contributed by atoms with Crippen molar-refractivity contribution >= 4 is 17.8 Å². The number of hydrogen-bond acceptors (Lipinski definition) is 5. The van der Waals surface area contributed by atoms with Gasteiger partial charge < -0.3 is 9.73 Å². The van der Waals surface area contributed by atoms with E-state index in [9.17, 15) is 9.59 Å². The van der Waals surface area contributed by atoms with E-state index in [2.05, 4.69) is 20.7 Å². The molecule has 8 heteroatoms. The maximum atomic E-state index is 12.6. The topological polar surface area (TPSA) is 102 Å². The average molecular weight is 339 g/mol. The number of aromatic nitrogens is 3. The highest BCUT2D eigenvalue weighted by molar-refractivity contribution is 6.03. The predicted molar refractivity (Wildman–Crippen MR) is 90.3 cm³/mol. The van der Waals surface area contributed by atoms with Crippen molar-refractivity contribution in [2.24, 2.45) is 0 Å². The van der Waals surface area contributed by atoms with E-state index >= 15 is 0 Å². The summed E-state index contributed by atoms with van der Waals surface area (Å²) in [4.78, 5) is 28.4. The summed E-state index contributed by atoms with van der Waals surface area (Å²) in [6.07, 6.45) is 2.78. The first-order chi connectivity index (χ1) is 12.1. The lowest BCUT2D eigenvalue weighted by Crippen LogP contribution is -2.21. The molecular weight excluding hydrogens is 322 g/mol. The highest BCUT2D eigenvalue weighted by Gasteiger charge is 2.23. The van der Waals surface area contributed by atoms with Crippen molar-refractivity contribution in [1.82, 2.24) is 20.1 Å². The lowest BCUT2D eigenvalue weighted by molar-refractivity contribution is 0.0956. The van der Waals surface area contributed by atoms with Gasteiger partial charge in [-0.1, -0.05) is 30.3 Å². The van der Waals surface area contributed by atoms with E-state index in [1.54, 1.807) is 0 Å². The van der Waals surface area contributed by atoms with Gasteiger partial charge in [0, 0.05) is 13.1 Å². The minimum Gasteiger partial charge on any atom is -0.432 e. The highest BCUT2D eigenvalue weighted by atomic mass is 16.4. The van der Waals surface area contributed by atoms with Gasteiger partial charge in [-0.3, -0.25) is 19.6 Å². The van der Waals surface area contributed by atoms with Gasteiger partial charge in [-0.25, -0.2) is 4.98 Å². The third-order valence-electron chi connectivity index (χ3n) is 3.73. The molecule has 2 aromatic heterocycles. The molecule has 2 heterocycles. The smallest absolute Gasteiger partial charge is 0.301 e. The summed E-state index contributed by atoms with van der Waals surface area (Å²) in [5.74, 6) is -0.836. The summed E-state index contributed by atoms with van der Waals surface area (Å²) in [6, 6.07) is 10.9. The summed E-state index contributed by atoms with van der Waals surface area (Å²) in [5.41, 5.74) is 1.34. The molecule has 1 aromatic carbocycles. The summed E-state index contributed by atoms with van der Waals surface area (Å²) in [6.45, 7) is 1.90. The maximum Gasteiger partial charge on any atom is 0.301 e. The van der Waals surface area contributed by atoms with Gasteiger partial charge in [0.1, 0.15) is 12.0 Å². The van der Waals surface area contributed by atoms with Crippen LogP contribution in [0, 0.1) is 0 Å². The first-order valence-corrected chi connectivity index (χ1v) is 7.67. The zero-order chi connectivity index (χ0) is 17.8. The number of hydrogen-bond donors (Lipinski definition) is 2. The maximum absolute atomic E-state index is 12.6. The Morgan fingerprint density at radius 1 is 1.20 bits per heavy atom. The summed E-state index contributed by atoms with van der Waals surface area (Å²) >= 11 is 0. The molecule has 2 amide bonds. The monoisotopic (exact) mass is 339 g/mol. The van der Waals surface area contributed by atoms with Gasteiger partial charge in [-0.2, -0.15) is 5.10 Å². The zero-order valence-corrected chi connectivity index (χ0v) is 13.8. The number of oxazole rings is 1. The van der Waals surface area contributed by atoms with Crippen LogP contribution in [0.15, 0.2) is 53.3 Å². The van der Waals surface area contributed by atoms with Gasteiger partial charge in [0.15, 0.2) is 5.69 Å². The molecule has 3 aromatic rings. The van der Waals surface area contributed by atoms with Gasteiger partial charge in [-0.05, 0) is 12.5 Å². The van der Waals surface area contributed by atoms with Crippen LogP contribution in [0.5, 0.6) is 0 Å². The number of rotatable bonds is 5. The van der Waals surface area contributed by atoms with Gasteiger partial charge >= 0.3 is 6.01 Å². The minimum absolute atomic E-state index is 0.0756. The molecule has 3 rings (SSSR count). The second kappa shape index (κ2) is 7.00. The molecule has 1 atom stereocenters. The molecule has 0 aliphatic rings. The van der Waals surface area contributed by atoms with Crippen molar-refractivity contribution in [3.63, 3.8) is 0 Å². The molecule has 0 saturated carbocycles. The third-order valence-corrected chi connectivity index (χ3v) is 3.73. The Bertz CT molecular complexity index is 871. The van der Waals surface area contributed by atoms with Crippen molar-refractivity contribution in [3.8, 4) is 0 Å².